The van der Waals surface area contributed by atoms with Crippen LogP contribution in [0.3, 0.4) is 0 Å². The molecule has 0 saturated heterocycles. The van der Waals surface area contributed by atoms with Crippen LogP contribution in [0.4, 0.5) is 5.95 Å². The Kier molecular flexibility index (Phi) is 14.7. The van der Waals surface area contributed by atoms with Gasteiger partial charge in [-0.2, -0.15) is 10.2 Å². The number of anilines is 1. The number of nitrogens with zero attached hydrogens (tertiary/aromatic N) is 6. The minimum Gasteiger partial charge on any atom is -0.872 e. The zero-order chi connectivity index (χ0) is 28.7. The molecular formula is C24H22ClFeN8O6. The van der Waals surface area contributed by atoms with Crippen molar-refractivity contribution in [2.24, 2.45) is 15.3 Å². The monoisotopic (exact) mass is 609 g/mol. The predicted molar refractivity (Wildman–Crippen MR) is 126 cm³/mol. The largest absolute Gasteiger partial charge is 3.00 e. The van der Waals surface area contributed by atoms with E-state index in [-0.39, 0.29) is 28.6 Å². The van der Waals surface area contributed by atoms with E-state index >= 15 is 0 Å². The summed E-state index contributed by atoms with van der Waals surface area (Å²) < 4.78 is 34.0. The van der Waals surface area contributed by atoms with Crippen molar-refractivity contribution >= 4 is 18.4 Å². The molecule has 16 heteroatoms. The predicted octanol–water partition coefficient (Wildman–Crippen LogP) is -2.73. The van der Waals surface area contributed by atoms with E-state index in [0.29, 0.717) is 33.8 Å². The number of nitrogens with one attached hydrogen (secondary N) is 2. The van der Waals surface area contributed by atoms with Gasteiger partial charge >= 0.3 is 17.1 Å². The first-order valence-corrected chi connectivity index (χ1v) is 12.1. The third-order valence-corrected chi connectivity index (χ3v) is 4.36. The molecule has 0 fully saturated rings. The van der Waals surface area contributed by atoms with Crippen molar-refractivity contribution < 1.29 is 56.2 Å². The average Bonchev–Trinajstić information content (AvgIpc) is 2.90. The molecule has 2 heterocycles. The van der Waals surface area contributed by atoms with Crippen LogP contribution in [-0.2, 0) is 17.1 Å². The number of benzene rings is 2. The van der Waals surface area contributed by atoms with Gasteiger partial charge in [0.05, 0.1) is 12.4 Å². The number of para-hydroxylation sites is 2. The van der Waals surface area contributed by atoms with Crippen LogP contribution in [0, 0.1) is 24.1 Å². The molecular weight excluding hydrogens is 588 g/mol. The molecule has 40 heavy (non-hydrogen) atoms. The molecule has 2 aromatic heterocycles. The fourth-order valence-corrected chi connectivity index (χ4v) is 2.59. The smallest absolute Gasteiger partial charge is 0.872 e. The van der Waals surface area contributed by atoms with Crippen LogP contribution in [0.5, 0.6) is 11.5 Å². The third-order valence-electron chi connectivity index (χ3n) is 4.36. The number of halogens is 1. The first-order chi connectivity index (χ1) is 18.5. The Balaban J connectivity index is 0.000000336. The van der Waals surface area contributed by atoms with Crippen molar-refractivity contribution in [3.8, 4) is 11.5 Å². The van der Waals surface area contributed by atoms with Crippen molar-refractivity contribution in [1.82, 2.24) is 19.9 Å². The van der Waals surface area contributed by atoms with Gasteiger partial charge in [0.2, 0.25) is 11.6 Å². The normalized spacial score (nSPS) is 11.2. The zero-order valence-electron chi connectivity index (χ0n) is 20.9. The van der Waals surface area contributed by atoms with E-state index in [0.717, 1.165) is 0 Å². The molecule has 0 atom stereocenters. The Labute approximate surface area is 241 Å². The number of hydrogen-bond acceptors (Lipinski definition) is 13. The standard InChI is InChI=1S/2C12H12N4O.ClHO4.Fe/c2*1-9-4-2-5-10(11(9)17)8-15-16-12-13-6-3-7-14-12;2-1(3,4)5;/h2*2-8,17H,1H3,(H,13,14,16);(H,2,3,4,5);/q;;;+3/p-3/b2*15-8+;;. The maximum Gasteiger partial charge on any atom is 3.00 e. The number of rotatable bonds is 5. The molecule has 2 N–H and O–H groups in total. The van der Waals surface area contributed by atoms with Crippen LogP contribution in [0.25, 0.3) is 0 Å². The van der Waals surface area contributed by atoms with E-state index in [1.54, 1.807) is 75.0 Å². The Hall–Kier alpha value is -4.21. The van der Waals surface area contributed by atoms with Gasteiger partial charge in [-0.1, -0.05) is 59.0 Å². The summed E-state index contributed by atoms with van der Waals surface area (Å²) in [5.41, 5.74) is 5.49. The molecule has 4 rings (SSSR count). The Morgan fingerprint density at radius 2 is 1.30 bits per heavy atom. The van der Waals surface area contributed by atoms with Gasteiger partial charge in [-0.05, 0) is 37.1 Å². The van der Waals surface area contributed by atoms with E-state index in [1.807, 2.05) is 12.1 Å². The zero-order valence-corrected chi connectivity index (χ0v) is 22.8. The molecule has 0 bridgehead atoms. The third kappa shape index (κ3) is 13.5. The molecule has 1 radical (unpaired) electrons. The summed E-state index contributed by atoms with van der Waals surface area (Å²) >= 11 is 0. The van der Waals surface area contributed by atoms with Gasteiger partial charge < -0.3 is 15.2 Å². The molecule has 2 aromatic carbocycles. The summed E-state index contributed by atoms with van der Waals surface area (Å²) in [7, 11) is -4.94. The molecule has 0 aliphatic carbocycles. The quantitative estimate of drug-likeness (QED) is 0.134. The van der Waals surface area contributed by atoms with E-state index in [4.69, 9.17) is 18.6 Å². The minimum absolute atomic E-state index is 0. The molecule has 0 unspecified atom stereocenters. The van der Waals surface area contributed by atoms with Gasteiger partial charge in [0.25, 0.3) is 0 Å². The Bertz CT molecular complexity index is 1430. The summed E-state index contributed by atoms with van der Waals surface area (Å²) in [6.07, 6.45) is 9.42. The van der Waals surface area contributed by atoms with Crippen LogP contribution in [0.2, 0.25) is 0 Å². The number of aromatic amines is 1. The number of aryl methyl sites for hydroxylation is 2. The summed E-state index contributed by atoms with van der Waals surface area (Å²) in [5, 5.41) is 34.9. The molecule has 0 amide bonds. The second-order valence-electron chi connectivity index (χ2n) is 7.26. The Morgan fingerprint density at radius 1 is 0.775 bits per heavy atom. The molecule has 0 aliphatic rings. The van der Waals surface area contributed by atoms with E-state index in [2.05, 4.69) is 40.7 Å². The molecule has 4 aromatic rings. The number of hydrogen-bond donors (Lipinski definition) is 2. The van der Waals surface area contributed by atoms with Crippen LogP contribution >= 0.6 is 0 Å². The summed E-state index contributed by atoms with van der Waals surface area (Å²) in [4.78, 5) is 14.6. The number of H-pyrrole nitrogens is 1. The molecule has 0 saturated carbocycles. The SMILES string of the molecule is Cc1cccc(/C=N/N=c2\nccc[nH]2)c1[O-].Cc1cccc(/C=N/Nc2ncccn2)c1[O-].[Fe+3].[O-][Cl+3]([O-])([O-])[O-]. The van der Waals surface area contributed by atoms with Crippen LogP contribution in [0.15, 0.2) is 88.6 Å². The second kappa shape index (κ2) is 17.4. The van der Waals surface area contributed by atoms with Crippen LogP contribution in [0.1, 0.15) is 22.3 Å². The molecule has 209 valence electrons. The summed E-state index contributed by atoms with van der Waals surface area (Å²) in [5.74, 6) is 0.340. The van der Waals surface area contributed by atoms with Crippen molar-refractivity contribution in [1.29, 1.82) is 0 Å². The van der Waals surface area contributed by atoms with E-state index in [1.165, 1.54) is 12.4 Å². The van der Waals surface area contributed by atoms with Crippen LogP contribution < -0.4 is 39.9 Å². The van der Waals surface area contributed by atoms with Gasteiger partial charge in [0.1, 0.15) is 0 Å². The first-order valence-electron chi connectivity index (χ1n) is 10.8. The Morgan fingerprint density at radius 3 is 1.82 bits per heavy atom. The maximum atomic E-state index is 11.7. The van der Waals surface area contributed by atoms with Gasteiger partial charge in [-0.3, -0.25) is 0 Å². The summed E-state index contributed by atoms with van der Waals surface area (Å²) in [6, 6.07) is 14.0. The number of aromatic nitrogens is 4. The van der Waals surface area contributed by atoms with Gasteiger partial charge in [0, 0.05) is 24.8 Å². The second-order valence-corrected chi connectivity index (χ2v) is 8.01. The van der Waals surface area contributed by atoms with Crippen LogP contribution in [-0.4, -0.2) is 32.4 Å². The van der Waals surface area contributed by atoms with Gasteiger partial charge in [0.15, 0.2) is 0 Å². The fraction of sp³-hybridized carbons (Fsp3) is 0.0833. The maximum absolute atomic E-state index is 11.7. The topological polar surface area (TPSA) is 242 Å². The molecule has 0 spiro atoms. The molecule has 14 nitrogen and oxygen atoms in total. The molecule has 0 aliphatic heterocycles. The van der Waals surface area contributed by atoms with Gasteiger partial charge in [-0.25, -0.2) is 39.0 Å². The van der Waals surface area contributed by atoms with Crippen molar-refractivity contribution in [2.75, 3.05) is 5.43 Å². The first kappa shape index (κ1) is 33.8. The fourth-order valence-electron chi connectivity index (χ4n) is 2.59. The van der Waals surface area contributed by atoms with Crippen molar-refractivity contribution in [3.63, 3.8) is 0 Å². The number of hydrazone groups is 1. The van der Waals surface area contributed by atoms with E-state index in [9.17, 15) is 10.2 Å². The summed E-state index contributed by atoms with van der Waals surface area (Å²) in [6.45, 7) is 3.54. The average molecular weight is 610 g/mol. The van der Waals surface area contributed by atoms with Crippen molar-refractivity contribution in [3.05, 3.63) is 101 Å². The minimum atomic E-state index is -4.94. The van der Waals surface area contributed by atoms with Gasteiger partial charge in [-0.15, -0.1) is 15.3 Å². The van der Waals surface area contributed by atoms with Crippen molar-refractivity contribution in [2.45, 2.75) is 13.8 Å². The van der Waals surface area contributed by atoms with E-state index < -0.39 is 10.2 Å².